The van der Waals surface area contributed by atoms with Gasteiger partial charge in [0.2, 0.25) is 10.0 Å². The summed E-state index contributed by atoms with van der Waals surface area (Å²) in [5, 5.41) is 0. The number of rotatable bonds is 5. The molecule has 0 saturated carbocycles. The first-order chi connectivity index (χ1) is 9.93. The third kappa shape index (κ3) is 3.57. The fourth-order valence-corrected chi connectivity index (χ4v) is 2.99. The van der Waals surface area contributed by atoms with Crippen LogP contribution in [0.3, 0.4) is 0 Å². The van der Waals surface area contributed by atoms with E-state index >= 15 is 0 Å². The fraction of sp³-hybridized carbons (Fsp3) is 0.143. The number of nitrogens with one attached hydrogen (secondary N) is 1. The average molecular weight is 309 g/mol. The fourth-order valence-electron chi connectivity index (χ4n) is 1.83. The smallest absolute Gasteiger partial charge is 0.243 e. The highest BCUT2D eigenvalue weighted by molar-refractivity contribution is 7.89. The number of hydrazine groups is 1. The summed E-state index contributed by atoms with van der Waals surface area (Å²) in [6.07, 6.45) is 0. The van der Waals surface area contributed by atoms with E-state index in [0.717, 1.165) is 0 Å². The van der Waals surface area contributed by atoms with Gasteiger partial charge in [0, 0.05) is 19.3 Å². The summed E-state index contributed by atoms with van der Waals surface area (Å²) < 4.78 is 38.9. The van der Waals surface area contributed by atoms with Gasteiger partial charge in [-0.2, -0.15) is 4.31 Å². The van der Waals surface area contributed by atoms with Gasteiger partial charge in [-0.25, -0.2) is 12.8 Å². The van der Waals surface area contributed by atoms with E-state index < -0.39 is 10.0 Å². The number of anilines is 1. The summed E-state index contributed by atoms with van der Waals surface area (Å²) in [5.74, 6) is 4.89. The van der Waals surface area contributed by atoms with Crippen LogP contribution in [0.5, 0.6) is 0 Å². The number of hydrogen-bond acceptors (Lipinski definition) is 4. The van der Waals surface area contributed by atoms with Crippen LogP contribution in [0.1, 0.15) is 5.56 Å². The van der Waals surface area contributed by atoms with Crippen molar-refractivity contribution in [2.45, 2.75) is 11.4 Å². The van der Waals surface area contributed by atoms with E-state index in [9.17, 15) is 12.8 Å². The van der Waals surface area contributed by atoms with Crippen molar-refractivity contribution >= 4 is 15.7 Å². The van der Waals surface area contributed by atoms with Crippen LogP contribution in [-0.2, 0) is 16.6 Å². The number of nitrogens with two attached hydrogens (primary N) is 1. The van der Waals surface area contributed by atoms with E-state index in [2.05, 4.69) is 5.43 Å². The highest BCUT2D eigenvalue weighted by Crippen LogP contribution is 2.18. The molecular weight excluding hydrogens is 293 g/mol. The van der Waals surface area contributed by atoms with Crippen LogP contribution < -0.4 is 11.3 Å². The molecule has 0 aliphatic rings. The third-order valence-corrected chi connectivity index (χ3v) is 4.87. The number of halogens is 1. The topological polar surface area (TPSA) is 75.4 Å². The van der Waals surface area contributed by atoms with Crippen molar-refractivity contribution in [1.82, 2.24) is 4.31 Å². The van der Waals surface area contributed by atoms with Crippen molar-refractivity contribution in [3.8, 4) is 0 Å². The predicted octanol–water partition coefficient (Wildman–Crippen LogP) is 1.93. The van der Waals surface area contributed by atoms with Crippen LogP contribution in [0, 0.1) is 5.82 Å². The molecule has 0 spiro atoms. The van der Waals surface area contributed by atoms with Crippen molar-refractivity contribution < 1.29 is 12.8 Å². The maximum Gasteiger partial charge on any atom is 0.243 e. The summed E-state index contributed by atoms with van der Waals surface area (Å²) in [6, 6.07) is 11.8. The second-order valence-corrected chi connectivity index (χ2v) is 6.60. The number of benzene rings is 2. The molecule has 0 radical (unpaired) electrons. The normalized spacial score (nSPS) is 11.6. The SMILES string of the molecule is CN(Cc1ccc(F)cc1)S(=O)(=O)c1ccc(NN)cc1. The Morgan fingerprint density at radius 3 is 2.19 bits per heavy atom. The van der Waals surface area contributed by atoms with Gasteiger partial charge < -0.3 is 5.43 Å². The standard InChI is InChI=1S/C14H16FN3O2S/c1-18(10-11-2-4-12(15)5-3-11)21(19,20)14-8-6-13(17-16)7-9-14/h2-9,17H,10,16H2,1H3. The summed E-state index contributed by atoms with van der Waals surface area (Å²) in [7, 11) is -2.12. The highest BCUT2D eigenvalue weighted by Gasteiger charge is 2.20. The molecule has 0 aliphatic carbocycles. The molecule has 0 saturated heterocycles. The first kappa shape index (κ1) is 15.4. The van der Waals surface area contributed by atoms with E-state index in [-0.39, 0.29) is 17.3 Å². The zero-order valence-corrected chi connectivity index (χ0v) is 12.3. The van der Waals surface area contributed by atoms with Gasteiger partial charge in [0.15, 0.2) is 0 Å². The number of hydrogen-bond donors (Lipinski definition) is 2. The van der Waals surface area contributed by atoms with Gasteiger partial charge in [-0.1, -0.05) is 12.1 Å². The van der Waals surface area contributed by atoms with Crippen molar-refractivity contribution in [1.29, 1.82) is 0 Å². The van der Waals surface area contributed by atoms with Gasteiger partial charge in [-0.15, -0.1) is 0 Å². The maximum atomic E-state index is 12.8. The van der Waals surface area contributed by atoms with Gasteiger partial charge in [-0.05, 0) is 42.0 Å². The molecule has 0 amide bonds. The van der Waals surface area contributed by atoms with Gasteiger partial charge in [0.05, 0.1) is 4.90 Å². The molecular formula is C14H16FN3O2S. The molecule has 0 bridgehead atoms. The lowest BCUT2D eigenvalue weighted by Crippen LogP contribution is -2.26. The van der Waals surface area contributed by atoms with Crippen molar-refractivity contribution in [2.75, 3.05) is 12.5 Å². The quantitative estimate of drug-likeness (QED) is 0.654. The lowest BCUT2D eigenvalue weighted by molar-refractivity contribution is 0.466. The van der Waals surface area contributed by atoms with Crippen LogP contribution >= 0.6 is 0 Å². The van der Waals surface area contributed by atoms with Crippen molar-refractivity contribution in [3.63, 3.8) is 0 Å². The number of nitrogens with zero attached hydrogens (tertiary/aromatic N) is 1. The Morgan fingerprint density at radius 2 is 1.67 bits per heavy atom. The van der Waals surface area contributed by atoms with Crippen molar-refractivity contribution in [2.24, 2.45) is 5.84 Å². The van der Waals surface area contributed by atoms with E-state index in [0.29, 0.717) is 11.3 Å². The van der Waals surface area contributed by atoms with Gasteiger partial charge >= 0.3 is 0 Å². The highest BCUT2D eigenvalue weighted by atomic mass is 32.2. The maximum absolute atomic E-state index is 12.8. The molecule has 5 nitrogen and oxygen atoms in total. The summed E-state index contributed by atoms with van der Waals surface area (Å²) in [6.45, 7) is 0.166. The molecule has 21 heavy (non-hydrogen) atoms. The molecule has 7 heteroatoms. The Morgan fingerprint density at radius 1 is 1.10 bits per heavy atom. The number of nitrogen functional groups attached to an aromatic ring is 1. The van der Waals surface area contributed by atoms with Crippen LogP contribution in [0.4, 0.5) is 10.1 Å². The molecule has 0 atom stereocenters. The Balaban J connectivity index is 2.19. The lowest BCUT2D eigenvalue weighted by Gasteiger charge is -2.17. The van der Waals surface area contributed by atoms with E-state index in [1.807, 2.05) is 0 Å². The molecule has 0 unspecified atom stereocenters. The Hall–Kier alpha value is -1.96. The summed E-state index contributed by atoms with van der Waals surface area (Å²) in [5.41, 5.74) is 3.77. The Kier molecular flexibility index (Phi) is 4.56. The summed E-state index contributed by atoms with van der Waals surface area (Å²) >= 11 is 0. The second kappa shape index (κ2) is 6.21. The minimum atomic E-state index is -3.60. The average Bonchev–Trinajstić information content (AvgIpc) is 2.49. The molecule has 112 valence electrons. The molecule has 2 rings (SSSR count). The first-order valence-corrected chi connectivity index (χ1v) is 7.65. The van der Waals surface area contributed by atoms with Crippen LogP contribution in [0.2, 0.25) is 0 Å². The van der Waals surface area contributed by atoms with Gasteiger partial charge in [0.25, 0.3) is 0 Å². The second-order valence-electron chi connectivity index (χ2n) is 4.56. The van der Waals surface area contributed by atoms with E-state index in [4.69, 9.17) is 5.84 Å². The van der Waals surface area contributed by atoms with Gasteiger partial charge in [0.1, 0.15) is 5.82 Å². The zero-order valence-electron chi connectivity index (χ0n) is 11.5. The molecule has 2 aromatic carbocycles. The molecule has 0 aliphatic heterocycles. The minimum absolute atomic E-state index is 0.166. The first-order valence-electron chi connectivity index (χ1n) is 6.21. The van der Waals surface area contributed by atoms with Gasteiger partial charge in [-0.3, -0.25) is 5.84 Å². The lowest BCUT2D eigenvalue weighted by atomic mass is 10.2. The van der Waals surface area contributed by atoms with Crippen LogP contribution in [0.25, 0.3) is 0 Å². The molecule has 0 fully saturated rings. The van der Waals surface area contributed by atoms with E-state index in [1.54, 1.807) is 24.3 Å². The summed E-state index contributed by atoms with van der Waals surface area (Å²) in [4.78, 5) is 0.172. The zero-order chi connectivity index (χ0) is 15.5. The molecule has 0 aromatic heterocycles. The molecule has 0 heterocycles. The predicted molar refractivity (Wildman–Crippen MR) is 79.3 cm³/mol. The Labute approximate surface area is 123 Å². The Bertz CT molecular complexity index is 700. The largest absolute Gasteiger partial charge is 0.324 e. The van der Waals surface area contributed by atoms with Crippen LogP contribution in [-0.4, -0.2) is 19.8 Å². The third-order valence-electron chi connectivity index (χ3n) is 3.05. The molecule has 3 N–H and O–H groups in total. The monoisotopic (exact) mass is 309 g/mol. The molecule has 2 aromatic rings. The minimum Gasteiger partial charge on any atom is -0.324 e. The van der Waals surface area contributed by atoms with Crippen LogP contribution in [0.15, 0.2) is 53.4 Å². The van der Waals surface area contributed by atoms with E-state index in [1.165, 1.54) is 35.6 Å². The van der Waals surface area contributed by atoms with Crippen molar-refractivity contribution in [3.05, 3.63) is 59.9 Å². The number of sulfonamides is 1.